The predicted octanol–water partition coefficient (Wildman–Crippen LogP) is 4.20. The van der Waals surface area contributed by atoms with Crippen molar-refractivity contribution in [2.75, 3.05) is 0 Å². The van der Waals surface area contributed by atoms with Crippen LogP contribution in [0.4, 0.5) is 0 Å². The number of aromatic amines is 1. The third kappa shape index (κ3) is 2.19. The number of benzene rings is 1. The minimum absolute atomic E-state index is 0. The van der Waals surface area contributed by atoms with Gasteiger partial charge in [-0.25, -0.2) is 0 Å². The molecule has 3 aromatic rings. The van der Waals surface area contributed by atoms with Gasteiger partial charge in [0, 0.05) is 32.9 Å². The summed E-state index contributed by atoms with van der Waals surface area (Å²) >= 11 is 6.33. The molecule has 0 saturated heterocycles. The smallest absolute Gasteiger partial charge is 0.0492 e. The summed E-state index contributed by atoms with van der Waals surface area (Å²) in [5, 5.41) is 1.80. The Balaban J connectivity index is 0.00000147. The Labute approximate surface area is 116 Å². The molecule has 1 aromatic carbocycles. The number of rotatable bonds is 2. The number of nitrogens with zero attached hydrogens (tertiary/aromatic N) is 2. The van der Waals surface area contributed by atoms with Crippen LogP contribution in [0.1, 0.15) is 25.5 Å². The van der Waals surface area contributed by atoms with E-state index >= 15 is 0 Å². The number of nitrogens with one attached hydrogen (secondary N) is 1. The Morgan fingerprint density at radius 3 is 2.70 bits per heavy atom. The van der Waals surface area contributed by atoms with Gasteiger partial charge in [0.25, 0.3) is 0 Å². The zero-order valence-electron chi connectivity index (χ0n) is 11.1. The van der Waals surface area contributed by atoms with Crippen molar-refractivity contribution in [3.05, 3.63) is 47.5 Å². The minimum atomic E-state index is 0. The van der Waals surface area contributed by atoms with Gasteiger partial charge in [0.05, 0.1) is 0 Å². The van der Waals surface area contributed by atoms with Gasteiger partial charge in [-0.3, -0.25) is 4.98 Å². The van der Waals surface area contributed by atoms with Crippen LogP contribution in [0.5, 0.6) is 0 Å². The molecule has 1 N–H and O–H groups in total. The van der Waals surface area contributed by atoms with Crippen molar-refractivity contribution in [1.29, 1.82) is 0 Å². The molecule has 2 heterocycles. The van der Waals surface area contributed by atoms with E-state index < -0.39 is 0 Å². The van der Waals surface area contributed by atoms with Crippen LogP contribution in [-0.2, 0) is 0 Å². The molecule has 0 fully saturated rings. The molecule has 0 aliphatic rings. The average Bonchev–Trinajstić information content (AvgIpc) is 2.82. The zero-order valence-corrected chi connectivity index (χ0v) is 14.8. The van der Waals surface area contributed by atoms with Gasteiger partial charge in [-0.15, -0.1) is 12.4 Å². The molecule has 0 radical (unpaired) electrons. The van der Waals surface area contributed by atoms with Gasteiger partial charge >= 0.3 is 0 Å². The summed E-state index contributed by atoms with van der Waals surface area (Å²) in [5.74, 6) is 0.459. The maximum atomic E-state index is 6.33. The molecule has 3 nitrogen and oxygen atoms in total. The first-order chi connectivity index (χ1) is 9.15. The zero-order chi connectivity index (χ0) is 13.4. The SMILES string of the molecule is CC(C)c1cc2cc(Cl)c(-c3cn[c-]cn3)cc2[nH]1.[Cm]. The van der Waals surface area contributed by atoms with Gasteiger partial charge in [-0.1, -0.05) is 25.4 Å². The van der Waals surface area contributed by atoms with E-state index in [1.165, 1.54) is 5.69 Å². The van der Waals surface area contributed by atoms with Crippen molar-refractivity contribution >= 4 is 22.5 Å². The first-order valence-electron chi connectivity index (χ1n) is 6.16. The van der Waals surface area contributed by atoms with Crippen LogP contribution in [0.15, 0.2) is 30.6 Å². The Hall–Kier alpha value is -2.87. The molecule has 0 aliphatic heterocycles. The molecular formula is C15H13ClCmN3-. The maximum absolute atomic E-state index is 6.33. The van der Waals surface area contributed by atoms with Crippen molar-refractivity contribution in [1.82, 2.24) is 15.0 Å². The molecular weight excluding hydrogens is 505 g/mol. The van der Waals surface area contributed by atoms with Crippen LogP contribution in [0.3, 0.4) is 0 Å². The monoisotopic (exact) mass is 513 g/mol. The first kappa shape index (κ1) is 13.6. The fourth-order valence-electron chi connectivity index (χ4n) is 2.09. The summed E-state index contributed by atoms with van der Waals surface area (Å²) in [4.78, 5) is 11.6. The molecule has 104 valence electrons. The van der Waals surface area contributed by atoms with Crippen molar-refractivity contribution in [2.24, 2.45) is 0 Å². The quantitative estimate of drug-likeness (QED) is 0.518. The number of fused-ring (bicyclic) bond motifs is 1. The van der Waals surface area contributed by atoms with Crippen molar-refractivity contribution in [3.63, 3.8) is 0 Å². The molecule has 0 unspecified atom stereocenters. The summed E-state index contributed by atoms with van der Waals surface area (Å²) in [6.07, 6.45) is 5.88. The van der Waals surface area contributed by atoms with Gasteiger partial charge < -0.3 is 9.97 Å². The second kappa shape index (κ2) is 5.02. The van der Waals surface area contributed by atoms with Crippen LogP contribution in [0.25, 0.3) is 22.2 Å². The van der Waals surface area contributed by atoms with Gasteiger partial charge in [0.1, 0.15) is 0 Å². The van der Waals surface area contributed by atoms with Gasteiger partial charge in [0.2, 0.25) is 0 Å². The molecule has 20 heavy (non-hydrogen) atoms. The van der Waals surface area contributed by atoms with E-state index in [1.54, 1.807) is 12.4 Å². The third-order valence-corrected chi connectivity index (χ3v) is 3.46. The molecule has 0 bridgehead atoms. The molecule has 5 heteroatoms. The Morgan fingerprint density at radius 2 is 2.05 bits per heavy atom. The van der Waals surface area contributed by atoms with Crippen LogP contribution >= 0.6 is 11.6 Å². The number of halogens is 1. The second-order valence-corrected chi connectivity index (χ2v) is 5.24. The van der Waals surface area contributed by atoms with Crippen LogP contribution in [-0.4, -0.2) is 15.0 Å². The standard InChI is InChI=1S/C15H13ClN3.Cm/c1-9(2)13-6-10-5-12(16)11(7-14(10)19-13)15-8-17-3-4-18-15;/h4-9,19H,1-2H3;/q-1;. The number of aromatic nitrogens is 3. The maximum Gasteiger partial charge on any atom is 0.0492 e. The Bertz CT molecular complexity index is 723. The van der Waals surface area contributed by atoms with Crippen LogP contribution in [0.2, 0.25) is 5.02 Å². The molecule has 0 amide bonds. The minimum Gasteiger partial charge on any atom is -0.455 e. The van der Waals surface area contributed by atoms with E-state index in [9.17, 15) is 0 Å². The Morgan fingerprint density at radius 1 is 1.25 bits per heavy atom. The van der Waals surface area contributed by atoms with E-state index in [1.807, 2.05) is 12.1 Å². The van der Waals surface area contributed by atoms with Crippen LogP contribution in [0, 0.1) is 6.20 Å². The third-order valence-electron chi connectivity index (χ3n) is 3.15. The fourth-order valence-corrected chi connectivity index (χ4v) is 2.35. The van der Waals surface area contributed by atoms with E-state index in [-0.39, 0.29) is 0 Å². The van der Waals surface area contributed by atoms with E-state index in [0.29, 0.717) is 10.9 Å². The largest absolute Gasteiger partial charge is 0.455 e. The van der Waals surface area contributed by atoms with Gasteiger partial charge in [0.15, 0.2) is 0 Å². The summed E-state index contributed by atoms with van der Waals surface area (Å²) in [6, 6.07) is 6.13. The normalized spacial score (nSPS) is 10.8. The van der Waals surface area contributed by atoms with E-state index in [0.717, 1.165) is 22.2 Å². The van der Waals surface area contributed by atoms with Crippen molar-refractivity contribution in [2.45, 2.75) is 19.8 Å². The summed E-state index contributed by atoms with van der Waals surface area (Å²) in [5.41, 5.74) is 3.91. The second-order valence-electron chi connectivity index (χ2n) is 4.83. The van der Waals surface area contributed by atoms with Gasteiger partial charge in [-0.05, 0) is 30.3 Å². The molecule has 0 atom stereocenters. The molecule has 0 saturated carbocycles. The molecule has 0 aliphatic carbocycles. The summed E-state index contributed by atoms with van der Waals surface area (Å²) in [6.45, 7) is 4.32. The Kier molecular flexibility index (Phi) is 3.40. The first-order valence-corrected chi connectivity index (χ1v) is 6.53. The van der Waals surface area contributed by atoms with Crippen molar-refractivity contribution < 1.29 is 0 Å². The number of H-pyrrole nitrogens is 1. The summed E-state index contributed by atoms with van der Waals surface area (Å²) in [7, 11) is 0. The van der Waals surface area contributed by atoms with E-state index in [4.69, 9.17) is 11.6 Å². The topological polar surface area (TPSA) is 41.6 Å². The van der Waals surface area contributed by atoms with Crippen molar-refractivity contribution in [3.8, 4) is 11.3 Å². The molecule has 2 aromatic heterocycles. The predicted molar refractivity (Wildman–Crippen MR) is 77.3 cm³/mol. The average molecular weight is 518 g/mol. The fraction of sp³-hybridized carbons (Fsp3) is 0.200. The number of hydrogen-bond donors (Lipinski definition) is 1. The number of hydrogen-bond acceptors (Lipinski definition) is 2. The van der Waals surface area contributed by atoms with Crippen LogP contribution < -0.4 is 0 Å². The summed E-state index contributed by atoms with van der Waals surface area (Å²) < 4.78 is 0. The van der Waals surface area contributed by atoms with Gasteiger partial charge in [-0.2, -0.15) is 0 Å². The van der Waals surface area contributed by atoms with E-state index in [2.05, 4.69) is 41.1 Å². The molecule has 0 spiro atoms. The molecule has 3 rings (SSSR count).